The topological polar surface area (TPSA) is 69.0 Å². The fourth-order valence-corrected chi connectivity index (χ4v) is 1.85. The molecule has 20 heavy (non-hydrogen) atoms. The first-order valence-electron chi connectivity index (χ1n) is 5.42. The predicted molar refractivity (Wildman–Crippen MR) is 76.1 cm³/mol. The fraction of sp³-hybridized carbons (Fsp3) is 0.182. The van der Waals surface area contributed by atoms with E-state index >= 15 is 0 Å². The van der Waals surface area contributed by atoms with Gasteiger partial charge in [0, 0.05) is 6.20 Å². The maximum absolute atomic E-state index is 11.6. The van der Waals surface area contributed by atoms with E-state index in [9.17, 15) is 4.79 Å². The number of nitrogens with one attached hydrogen (secondary N) is 1. The zero-order chi connectivity index (χ0) is 14.7. The molecule has 0 saturated heterocycles. The van der Waals surface area contributed by atoms with E-state index in [1.165, 1.54) is 10.9 Å². The lowest BCUT2D eigenvalue weighted by Crippen LogP contribution is -2.28. The number of amides is 1. The van der Waals surface area contributed by atoms with Gasteiger partial charge in [0.25, 0.3) is 5.91 Å². The summed E-state index contributed by atoms with van der Waals surface area (Å²) >= 11 is 17.3. The van der Waals surface area contributed by atoms with Gasteiger partial charge in [-0.1, -0.05) is 34.8 Å². The van der Waals surface area contributed by atoms with Crippen molar-refractivity contribution in [1.82, 2.24) is 14.9 Å². The Balaban J connectivity index is 1.95. The Hall–Kier alpha value is -1.50. The SMILES string of the molecule is Cc1ccn(NC(=O)COc2nc(Cl)c(Cl)cc2Cl)n1. The Morgan fingerprint density at radius 1 is 1.40 bits per heavy atom. The van der Waals surface area contributed by atoms with Gasteiger partial charge in [0.2, 0.25) is 5.88 Å². The van der Waals surface area contributed by atoms with Gasteiger partial charge in [-0.3, -0.25) is 4.79 Å². The highest BCUT2D eigenvalue weighted by molar-refractivity contribution is 6.42. The number of nitrogens with zero attached hydrogens (tertiary/aromatic N) is 3. The minimum Gasteiger partial charge on any atom is -0.466 e. The van der Waals surface area contributed by atoms with E-state index in [2.05, 4.69) is 15.5 Å². The van der Waals surface area contributed by atoms with Crippen molar-refractivity contribution >= 4 is 40.7 Å². The van der Waals surface area contributed by atoms with Gasteiger partial charge in [0.05, 0.1) is 10.7 Å². The van der Waals surface area contributed by atoms with Crippen LogP contribution in [0, 0.1) is 6.92 Å². The summed E-state index contributed by atoms with van der Waals surface area (Å²) in [6.07, 6.45) is 1.61. The predicted octanol–water partition coefficient (Wildman–Crippen LogP) is 2.70. The van der Waals surface area contributed by atoms with Gasteiger partial charge >= 0.3 is 0 Å². The third-order valence-electron chi connectivity index (χ3n) is 2.16. The summed E-state index contributed by atoms with van der Waals surface area (Å²) in [6.45, 7) is 1.52. The molecule has 2 aromatic rings. The number of hydrogen-bond donors (Lipinski definition) is 1. The first-order chi connectivity index (χ1) is 9.45. The van der Waals surface area contributed by atoms with Crippen LogP contribution in [0.4, 0.5) is 0 Å². The molecule has 0 aliphatic rings. The van der Waals surface area contributed by atoms with Crippen molar-refractivity contribution in [1.29, 1.82) is 0 Å². The van der Waals surface area contributed by atoms with E-state index in [-0.39, 0.29) is 27.7 Å². The van der Waals surface area contributed by atoms with Crippen LogP contribution in [0.5, 0.6) is 5.88 Å². The van der Waals surface area contributed by atoms with Crippen LogP contribution in [0.3, 0.4) is 0 Å². The second kappa shape index (κ2) is 6.30. The summed E-state index contributed by atoms with van der Waals surface area (Å²) in [5, 5.41) is 4.43. The number of carbonyl (C=O) groups is 1. The number of rotatable bonds is 4. The van der Waals surface area contributed by atoms with Crippen molar-refractivity contribution in [3.05, 3.63) is 39.2 Å². The molecule has 0 spiro atoms. The van der Waals surface area contributed by atoms with Crippen LogP contribution in [0.15, 0.2) is 18.3 Å². The van der Waals surface area contributed by atoms with Crippen LogP contribution in [-0.4, -0.2) is 27.4 Å². The van der Waals surface area contributed by atoms with E-state index in [1.54, 1.807) is 19.2 Å². The average Bonchev–Trinajstić information content (AvgIpc) is 2.77. The first kappa shape index (κ1) is 14.9. The third-order valence-corrected chi connectivity index (χ3v) is 3.10. The normalized spacial score (nSPS) is 10.4. The Labute approximate surface area is 129 Å². The van der Waals surface area contributed by atoms with Crippen molar-refractivity contribution in [2.45, 2.75) is 6.92 Å². The lowest BCUT2D eigenvalue weighted by molar-refractivity contribution is -0.119. The molecule has 1 amide bonds. The summed E-state index contributed by atoms with van der Waals surface area (Å²) in [4.78, 5) is 16.7. The number of pyridine rings is 1. The van der Waals surface area contributed by atoms with Crippen LogP contribution in [0.2, 0.25) is 15.2 Å². The quantitative estimate of drug-likeness (QED) is 0.872. The molecule has 0 bridgehead atoms. The molecule has 2 heterocycles. The smallest absolute Gasteiger partial charge is 0.278 e. The van der Waals surface area contributed by atoms with E-state index in [1.807, 2.05) is 0 Å². The molecule has 6 nitrogen and oxygen atoms in total. The summed E-state index contributed by atoms with van der Waals surface area (Å²) in [5.41, 5.74) is 3.27. The number of hydrogen-bond acceptors (Lipinski definition) is 4. The molecule has 0 aliphatic carbocycles. The molecular formula is C11H9Cl3N4O2. The summed E-state index contributed by atoms with van der Waals surface area (Å²) in [6, 6.07) is 3.14. The summed E-state index contributed by atoms with van der Waals surface area (Å²) in [5.74, 6) is -0.384. The number of carbonyl (C=O) groups excluding carboxylic acids is 1. The molecule has 0 aliphatic heterocycles. The number of ether oxygens (including phenoxy) is 1. The molecular weight excluding hydrogens is 327 g/mol. The van der Waals surface area contributed by atoms with Gasteiger partial charge in [-0.05, 0) is 19.1 Å². The molecule has 0 saturated carbocycles. The standard InChI is InChI=1S/C11H9Cl3N4O2/c1-6-2-3-18(16-6)17-9(19)5-20-11-8(13)4-7(12)10(14)15-11/h2-4H,5H2,1H3,(H,17,19). The van der Waals surface area contributed by atoms with Crippen LogP contribution in [0.1, 0.15) is 5.69 Å². The van der Waals surface area contributed by atoms with Crippen molar-refractivity contribution in [3.8, 4) is 5.88 Å². The zero-order valence-corrected chi connectivity index (χ0v) is 12.5. The van der Waals surface area contributed by atoms with Gasteiger partial charge in [0.15, 0.2) is 11.8 Å². The van der Waals surface area contributed by atoms with Crippen LogP contribution in [-0.2, 0) is 4.79 Å². The number of aryl methyl sites for hydroxylation is 1. The summed E-state index contributed by atoms with van der Waals surface area (Å²) in [7, 11) is 0. The second-order valence-corrected chi connectivity index (χ2v) is 4.95. The average molecular weight is 336 g/mol. The number of halogens is 3. The molecule has 106 valence electrons. The van der Waals surface area contributed by atoms with Crippen LogP contribution < -0.4 is 10.2 Å². The molecule has 9 heteroatoms. The van der Waals surface area contributed by atoms with Crippen molar-refractivity contribution in [2.75, 3.05) is 12.0 Å². The summed E-state index contributed by atoms with van der Waals surface area (Å²) < 4.78 is 5.17. The Kier molecular flexibility index (Phi) is 4.69. The highest BCUT2D eigenvalue weighted by Crippen LogP contribution is 2.30. The first-order valence-corrected chi connectivity index (χ1v) is 6.55. The minimum atomic E-state index is -0.419. The molecule has 0 fully saturated rings. The van der Waals surface area contributed by atoms with Gasteiger partial charge in [-0.15, -0.1) is 0 Å². The maximum atomic E-state index is 11.6. The second-order valence-electron chi connectivity index (χ2n) is 3.77. The van der Waals surface area contributed by atoms with Crippen molar-refractivity contribution < 1.29 is 9.53 Å². The molecule has 1 N–H and O–H groups in total. The molecule has 0 unspecified atom stereocenters. The minimum absolute atomic E-state index is 0.0351. The zero-order valence-electron chi connectivity index (χ0n) is 10.2. The van der Waals surface area contributed by atoms with Gasteiger partial charge in [-0.2, -0.15) is 14.9 Å². The molecule has 0 aromatic carbocycles. The molecule has 2 aromatic heterocycles. The van der Waals surface area contributed by atoms with Crippen molar-refractivity contribution in [3.63, 3.8) is 0 Å². The Morgan fingerprint density at radius 3 is 2.80 bits per heavy atom. The Morgan fingerprint density at radius 2 is 2.15 bits per heavy atom. The van der Waals surface area contributed by atoms with E-state index in [0.717, 1.165) is 5.69 Å². The highest BCUT2D eigenvalue weighted by Gasteiger charge is 2.11. The van der Waals surface area contributed by atoms with Crippen molar-refractivity contribution in [2.24, 2.45) is 0 Å². The van der Waals surface area contributed by atoms with E-state index in [4.69, 9.17) is 39.5 Å². The van der Waals surface area contributed by atoms with Gasteiger partial charge in [-0.25, -0.2) is 5.43 Å². The van der Waals surface area contributed by atoms with Gasteiger partial charge < -0.3 is 4.74 Å². The number of aromatic nitrogens is 3. The monoisotopic (exact) mass is 334 g/mol. The molecule has 0 atom stereocenters. The lowest BCUT2D eigenvalue weighted by Gasteiger charge is -2.08. The third kappa shape index (κ3) is 3.75. The largest absolute Gasteiger partial charge is 0.466 e. The van der Waals surface area contributed by atoms with Crippen LogP contribution in [0.25, 0.3) is 0 Å². The lowest BCUT2D eigenvalue weighted by atomic mass is 10.5. The van der Waals surface area contributed by atoms with Crippen LogP contribution >= 0.6 is 34.8 Å². The van der Waals surface area contributed by atoms with E-state index in [0.29, 0.717) is 0 Å². The maximum Gasteiger partial charge on any atom is 0.278 e. The molecule has 2 rings (SSSR count). The van der Waals surface area contributed by atoms with E-state index < -0.39 is 5.91 Å². The fourth-order valence-electron chi connectivity index (χ4n) is 1.30. The van der Waals surface area contributed by atoms with Gasteiger partial charge in [0.1, 0.15) is 5.02 Å². The molecule has 0 radical (unpaired) electrons. The highest BCUT2D eigenvalue weighted by atomic mass is 35.5. The Bertz CT molecular complexity index is 645.